The van der Waals surface area contributed by atoms with Crippen LogP contribution in [0.5, 0.6) is 0 Å². The molecular weight excluding hydrogens is 423 g/mol. The van der Waals surface area contributed by atoms with Gasteiger partial charge in [0.1, 0.15) is 11.6 Å². The van der Waals surface area contributed by atoms with Crippen molar-refractivity contribution >= 4 is 40.8 Å². The molecule has 0 bridgehead atoms. The smallest absolute Gasteiger partial charge is 0.304 e. The van der Waals surface area contributed by atoms with Gasteiger partial charge in [-0.1, -0.05) is 44.0 Å². The van der Waals surface area contributed by atoms with Crippen LogP contribution in [0.15, 0.2) is 36.4 Å². The summed E-state index contributed by atoms with van der Waals surface area (Å²) in [6.07, 6.45) is 0.717. The summed E-state index contributed by atoms with van der Waals surface area (Å²) < 4.78 is 27.1. The molecule has 29 heavy (non-hydrogen) atoms. The van der Waals surface area contributed by atoms with Crippen molar-refractivity contribution in [3.63, 3.8) is 0 Å². The highest BCUT2D eigenvalue weighted by Crippen LogP contribution is 2.24. The molecule has 9 heteroatoms. The number of carbonyl (C=O) groups excluding carboxylic acids is 2. The standard InChI is InChI=1S/C20H21Cl2F2N3O2/c1-4-20(2,3)11-27(18(28)12-7-13(21)9-14(22)8-12)26-19(29)25-17-10-15(23)5-6-16(17)24/h5-10H,4,11H2,1-3H3,(H2,25,26,29). The van der Waals surface area contributed by atoms with Crippen molar-refractivity contribution < 1.29 is 18.4 Å². The second-order valence-electron chi connectivity index (χ2n) is 7.26. The summed E-state index contributed by atoms with van der Waals surface area (Å²) in [5, 5.41) is 3.83. The van der Waals surface area contributed by atoms with Crippen molar-refractivity contribution in [2.24, 2.45) is 5.41 Å². The Labute approximate surface area is 177 Å². The van der Waals surface area contributed by atoms with E-state index in [-0.39, 0.29) is 33.3 Å². The molecule has 2 rings (SSSR count). The lowest BCUT2D eigenvalue weighted by Crippen LogP contribution is -2.51. The Hall–Kier alpha value is -2.38. The van der Waals surface area contributed by atoms with Crippen LogP contribution >= 0.6 is 23.2 Å². The van der Waals surface area contributed by atoms with Crippen LogP contribution in [0.2, 0.25) is 10.0 Å². The Morgan fingerprint density at radius 2 is 1.69 bits per heavy atom. The van der Waals surface area contributed by atoms with Gasteiger partial charge in [0.15, 0.2) is 0 Å². The van der Waals surface area contributed by atoms with Gasteiger partial charge >= 0.3 is 6.03 Å². The molecule has 0 unspecified atom stereocenters. The van der Waals surface area contributed by atoms with E-state index in [9.17, 15) is 18.4 Å². The van der Waals surface area contributed by atoms with Gasteiger partial charge < -0.3 is 5.32 Å². The number of hydrazine groups is 1. The summed E-state index contributed by atoms with van der Waals surface area (Å²) in [4.78, 5) is 25.4. The quantitative estimate of drug-likeness (QED) is 0.566. The van der Waals surface area contributed by atoms with Gasteiger partial charge in [-0.2, -0.15) is 0 Å². The fourth-order valence-electron chi connectivity index (χ4n) is 2.40. The number of anilines is 1. The largest absolute Gasteiger partial charge is 0.338 e. The molecule has 2 aromatic carbocycles. The lowest BCUT2D eigenvalue weighted by molar-refractivity contribution is 0.0592. The molecule has 0 aliphatic rings. The molecule has 0 fully saturated rings. The molecule has 2 N–H and O–H groups in total. The molecular formula is C20H21Cl2F2N3O2. The minimum Gasteiger partial charge on any atom is -0.304 e. The van der Waals surface area contributed by atoms with Crippen LogP contribution in [0.25, 0.3) is 0 Å². The Morgan fingerprint density at radius 1 is 1.07 bits per heavy atom. The molecule has 0 aliphatic heterocycles. The van der Waals surface area contributed by atoms with Crippen LogP contribution in [0.3, 0.4) is 0 Å². The Kier molecular flexibility index (Phi) is 7.43. The van der Waals surface area contributed by atoms with E-state index in [1.165, 1.54) is 18.2 Å². The molecule has 0 aliphatic carbocycles. The topological polar surface area (TPSA) is 61.4 Å². The summed E-state index contributed by atoms with van der Waals surface area (Å²) >= 11 is 11.9. The Morgan fingerprint density at radius 3 is 2.28 bits per heavy atom. The second kappa shape index (κ2) is 9.41. The molecule has 3 amide bonds. The normalized spacial score (nSPS) is 11.1. The third-order valence-electron chi connectivity index (χ3n) is 4.31. The lowest BCUT2D eigenvalue weighted by atomic mass is 9.90. The van der Waals surface area contributed by atoms with Crippen LogP contribution in [0.1, 0.15) is 37.6 Å². The van der Waals surface area contributed by atoms with E-state index in [4.69, 9.17) is 23.2 Å². The van der Waals surface area contributed by atoms with Crippen molar-refractivity contribution in [1.29, 1.82) is 0 Å². The molecule has 0 atom stereocenters. The fraction of sp³-hybridized carbons (Fsp3) is 0.300. The molecule has 0 saturated carbocycles. The van der Waals surface area contributed by atoms with Crippen molar-refractivity contribution in [2.45, 2.75) is 27.2 Å². The Bertz CT molecular complexity index is 902. The third kappa shape index (κ3) is 6.58. The minimum absolute atomic E-state index is 0.158. The van der Waals surface area contributed by atoms with Crippen molar-refractivity contribution in [3.05, 3.63) is 63.6 Å². The molecule has 0 saturated heterocycles. The third-order valence-corrected chi connectivity index (χ3v) is 4.75. The van der Waals surface area contributed by atoms with Gasteiger partial charge in [-0.3, -0.25) is 4.79 Å². The maximum Gasteiger partial charge on any atom is 0.338 e. The van der Waals surface area contributed by atoms with Gasteiger partial charge in [-0.05, 0) is 42.2 Å². The number of benzene rings is 2. The van der Waals surface area contributed by atoms with E-state index >= 15 is 0 Å². The number of amides is 3. The average molecular weight is 444 g/mol. The number of rotatable bonds is 5. The van der Waals surface area contributed by atoms with Crippen LogP contribution in [-0.4, -0.2) is 23.5 Å². The van der Waals surface area contributed by atoms with E-state index in [0.717, 1.165) is 29.6 Å². The van der Waals surface area contributed by atoms with Crippen LogP contribution in [0.4, 0.5) is 19.3 Å². The molecule has 156 valence electrons. The average Bonchev–Trinajstić information content (AvgIpc) is 2.62. The first-order valence-corrected chi connectivity index (χ1v) is 9.57. The molecule has 2 aromatic rings. The Balaban J connectivity index is 2.26. The van der Waals surface area contributed by atoms with Gasteiger partial charge in [0.2, 0.25) is 0 Å². The number of nitrogens with zero attached hydrogens (tertiary/aromatic N) is 1. The predicted octanol–water partition coefficient (Wildman–Crippen LogP) is 5.89. The predicted molar refractivity (Wildman–Crippen MR) is 110 cm³/mol. The maximum absolute atomic E-state index is 13.8. The fourth-order valence-corrected chi connectivity index (χ4v) is 2.93. The lowest BCUT2D eigenvalue weighted by Gasteiger charge is -2.32. The molecule has 5 nitrogen and oxygen atoms in total. The van der Waals surface area contributed by atoms with Crippen molar-refractivity contribution in [1.82, 2.24) is 10.4 Å². The minimum atomic E-state index is -0.900. The molecule has 0 aromatic heterocycles. The molecule has 0 radical (unpaired) electrons. The monoisotopic (exact) mass is 443 g/mol. The van der Waals surface area contributed by atoms with E-state index in [0.29, 0.717) is 0 Å². The van der Waals surface area contributed by atoms with Crippen LogP contribution < -0.4 is 10.7 Å². The van der Waals surface area contributed by atoms with E-state index in [1.54, 1.807) is 0 Å². The molecule has 0 heterocycles. The number of hydrogen-bond donors (Lipinski definition) is 2. The van der Waals surface area contributed by atoms with E-state index in [1.807, 2.05) is 20.8 Å². The van der Waals surface area contributed by atoms with E-state index in [2.05, 4.69) is 10.7 Å². The summed E-state index contributed by atoms with van der Waals surface area (Å²) in [7, 11) is 0. The first-order chi connectivity index (χ1) is 13.5. The number of hydrogen-bond acceptors (Lipinski definition) is 2. The summed E-state index contributed by atoms with van der Waals surface area (Å²) in [5.41, 5.74) is 1.88. The number of nitrogens with one attached hydrogen (secondary N) is 2. The SMILES string of the molecule is CCC(C)(C)CN(NC(=O)Nc1cc(F)ccc1F)C(=O)c1cc(Cl)cc(Cl)c1. The van der Waals surface area contributed by atoms with Gasteiger partial charge in [0.05, 0.1) is 5.69 Å². The highest BCUT2D eigenvalue weighted by atomic mass is 35.5. The summed E-state index contributed by atoms with van der Waals surface area (Å²) in [5.74, 6) is -2.07. The second-order valence-corrected chi connectivity index (χ2v) is 8.13. The van der Waals surface area contributed by atoms with Crippen LogP contribution in [-0.2, 0) is 0 Å². The first-order valence-electron chi connectivity index (χ1n) is 8.81. The number of halogens is 4. The van der Waals surface area contributed by atoms with Gasteiger partial charge in [-0.15, -0.1) is 0 Å². The van der Waals surface area contributed by atoms with Gasteiger partial charge in [0, 0.05) is 28.2 Å². The maximum atomic E-state index is 13.8. The zero-order valence-corrected chi connectivity index (χ0v) is 17.7. The zero-order valence-electron chi connectivity index (χ0n) is 16.2. The first kappa shape index (κ1) is 22.9. The summed E-state index contributed by atoms with van der Waals surface area (Å²) in [6.45, 7) is 5.95. The summed E-state index contributed by atoms with van der Waals surface area (Å²) in [6, 6.07) is 6.09. The highest BCUT2D eigenvalue weighted by Gasteiger charge is 2.26. The zero-order chi connectivity index (χ0) is 21.8. The highest BCUT2D eigenvalue weighted by molar-refractivity contribution is 6.35. The van der Waals surface area contributed by atoms with Gasteiger partial charge in [0.25, 0.3) is 5.91 Å². The number of urea groups is 1. The van der Waals surface area contributed by atoms with Crippen molar-refractivity contribution in [2.75, 3.05) is 11.9 Å². The van der Waals surface area contributed by atoms with Crippen molar-refractivity contribution in [3.8, 4) is 0 Å². The van der Waals surface area contributed by atoms with Crippen LogP contribution in [0, 0.1) is 17.0 Å². The number of carbonyl (C=O) groups is 2. The van der Waals surface area contributed by atoms with E-state index < -0.39 is 23.6 Å². The van der Waals surface area contributed by atoms with Gasteiger partial charge in [-0.25, -0.2) is 24.0 Å². The molecule has 0 spiro atoms.